The van der Waals surface area contributed by atoms with Crippen LogP contribution in [0.4, 0.5) is 18.9 Å². The zero-order chi connectivity index (χ0) is 21.2. The minimum atomic E-state index is -4.47. The molecule has 0 aliphatic rings. The van der Waals surface area contributed by atoms with Crippen LogP contribution in [0, 0.1) is 0 Å². The number of carbonyl (C=O) groups excluding carboxylic acids is 2. The van der Waals surface area contributed by atoms with Crippen LogP contribution in [0.2, 0.25) is 0 Å². The van der Waals surface area contributed by atoms with Crippen LogP contribution in [0.15, 0.2) is 57.9 Å². The average molecular weight is 404 g/mol. The largest absolute Gasteiger partial charge is 0.497 e. The summed E-state index contributed by atoms with van der Waals surface area (Å²) in [5.74, 6) is -0.809. The predicted octanol–water partition coefficient (Wildman–Crippen LogP) is 3.97. The Morgan fingerprint density at radius 1 is 1.07 bits per heavy atom. The molecule has 1 N–H and O–H groups in total. The first-order valence-electron chi connectivity index (χ1n) is 8.33. The fraction of sp³-hybridized carbons (Fsp3) is 0.150. The third kappa shape index (κ3) is 4.63. The van der Waals surface area contributed by atoms with Crippen molar-refractivity contribution in [3.8, 4) is 5.75 Å². The van der Waals surface area contributed by atoms with Crippen LogP contribution in [0.25, 0.3) is 11.0 Å². The molecule has 1 heterocycles. The van der Waals surface area contributed by atoms with E-state index in [9.17, 15) is 22.8 Å². The summed E-state index contributed by atoms with van der Waals surface area (Å²) in [6, 6.07) is 10.4. The number of nitrogens with one attached hydrogen (secondary N) is 1. The number of hydrogen-bond acceptors (Lipinski definition) is 5. The number of hydrogen-bond donors (Lipinski definition) is 1. The third-order valence-electron chi connectivity index (χ3n) is 3.91. The summed E-state index contributed by atoms with van der Waals surface area (Å²) < 4.78 is 49.0. The molecule has 0 atom stereocenters. The van der Waals surface area contributed by atoms with Gasteiger partial charge in [-0.15, -0.1) is 0 Å². The van der Waals surface area contributed by atoms with Gasteiger partial charge in [-0.25, -0.2) is 4.99 Å². The molecule has 29 heavy (non-hydrogen) atoms. The number of imide groups is 1. The number of nitrogens with zero attached hydrogens (tertiary/aromatic N) is 1. The van der Waals surface area contributed by atoms with E-state index >= 15 is 0 Å². The van der Waals surface area contributed by atoms with Crippen LogP contribution in [0.5, 0.6) is 5.75 Å². The second-order valence-corrected chi connectivity index (χ2v) is 6.04. The number of fused-ring (bicyclic) bond motifs is 1. The van der Waals surface area contributed by atoms with Crippen molar-refractivity contribution in [3.05, 3.63) is 65.2 Å². The Morgan fingerprint density at radius 2 is 1.76 bits per heavy atom. The molecule has 1 aromatic heterocycles. The molecule has 0 spiro atoms. The first-order valence-corrected chi connectivity index (χ1v) is 8.33. The van der Waals surface area contributed by atoms with Crippen molar-refractivity contribution in [2.45, 2.75) is 13.1 Å². The lowest BCUT2D eigenvalue weighted by Crippen LogP contribution is -2.32. The first kappa shape index (κ1) is 20.1. The Balaban J connectivity index is 2.17. The van der Waals surface area contributed by atoms with E-state index in [0.717, 1.165) is 24.3 Å². The highest BCUT2D eigenvalue weighted by Gasteiger charge is 2.29. The number of halogens is 3. The SMILES string of the molecule is COc1ccc2oc(=Nc3ccc(C(F)(F)F)cc3)c(C(=O)NC(C)=O)cc2c1. The fourth-order valence-electron chi connectivity index (χ4n) is 2.55. The van der Waals surface area contributed by atoms with Gasteiger partial charge in [0.1, 0.15) is 16.9 Å². The van der Waals surface area contributed by atoms with E-state index in [4.69, 9.17) is 9.15 Å². The van der Waals surface area contributed by atoms with E-state index in [1.54, 1.807) is 18.2 Å². The molecule has 0 aliphatic carbocycles. The van der Waals surface area contributed by atoms with Gasteiger partial charge in [0.25, 0.3) is 5.91 Å². The molecular weight excluding hydrogens is 389 g/mol. The van der Waals surface area contributed by atoms with Crippen molar-refractivity contribution in [2.24, 2.45) is 4.99 Å². The quantitative estimate of drug-likeness (QED) is 0.716. The van der Waals surface area contributed by atoms with E-state index in [1.165, 1.54) is 20.1 Å². The smallest absolute Gasteiger partial charge is 0.416 e. The number of carbonyl (C=O) groups is 2. The van der Waals surface area contributed by atoms with E-state index in [1.807, 2.05) is 0 Å². The normalized spacial score (nSPS) is 12.1. The van der Waals surface area contributed by atoms with Gasteiger partial charge in [0.05, 0.1) is 18.4 Å². The van der Waals surface area contributed by atoms with Crippen LogP contribution in [-0.2, 0) is 11.0 Å². The molecule has 0 saturated heterocycles. The van der Waals surface area contributed by atoms with Gasteiger partial charge >= 0.3 is 6.18 Å². The lowest BCUT2D eigenvalue weighted by molar-refractivity contribution is -0.137. The molecule has 0 saturated carbocycles. The molecule has 2 aromatic carbocycles. The van der Waals surface area contributed by atoms with Crippen LogP contribution >= 0.6 is 0 Å². The lowest BCUT2D eigenvalue weighted by atomic mass is 10.1. The summed E-state index contributed by atoms with van der Waals surface area (Å²) in [6.45, 7) is 1.17. The topological polar surface area (TPSA) is 80.9 Å². The van der Waals surface area contributed by atoms with E-state index < -0.39 is 23.6 Å². The van der Waals surface area contributed by atoms with Crippen molar-refractivity contribution in [2.75, 3.05) is 7.11 Å². The molecular formula is C20H15F3N2O4. The van der Waals surface area contributed by atoms with Gasteiger partial charge in [0, 0.05) is 12.3 Å². The minimum absolute atomic E-state index is 0.0548. The monoisotopic (exact) mass is 404 g/mol. The summed E-state index contributed by atoms with van der Waals surface area (Å²) in [4.78, 5) is 27.8. The Bertz CT molecular complexity index is 1150. The average Bonchev–Trinajstić information content (AvgIpc) is 2.66. The highest BCUT2D eigenvalue weighted by atomic mass is 19.4. The highest BCUT2D eigenvalue weighted by Crippen LogP contribution is 2.30. The second kappa shape index (κ2) is 7.78. The standard InChI is InChI=1S/C20H15F3N2O4/c1-11(26)24-18(27)16-10-12-9-15(28-2)7-8-17(12)29-19(16)25-14-5-3-13(4-6-14)20(21,22)23/h3-10H,1-2H3,(H,24,26,27). The van der Waals surface area contributed by atoms with Gasteiger partial charge in [-0.05, 0) is 48.5 Å². The van der Waals surface area contributed by atoms with Crippen LogP contribution < -0.4 is 15.6 Å². The van der Waals surface area contributed by atoms with Gasteiger partial charge in [0.15, 0.2) is 0 Å². The molecule has 0 aliphatic heterocycles. The van der Waals surface area contributed by atoms with Crippen LogP contribution in [0.1, 0.15) is 22.8 Å². The van der Waals surface area contributed by atoms with Gasteiger partial charge in [0.2, 0.25) is 11.5 Å². The number of methoxy groups -OCH3 is 1. The fourth-order valence-corrected chi connectivity index (χ4v) is 2.55. The van der Waals surface area contributed by atoms with Crippen molar-refractivity contribution in [3.63, 3.8) is 0 Å². The van der Waals surface area contributed by atoms with Crippen LogP contribution in [0.3, 0.4) is 0 Å². The summed E-state index contributed by atoms with van der Waals surface area (Å²) in [5, 5.41) is 2.65. The third-order valence-corrected chi connectivity index (χ3v) is 3.91. The highest BCUT2D eigenvalue weighted by molar-refractivity contribution is 6.05. The molecule has 0 bridgehead atoms. The Kier molecular flexibility index (Phi) is 5.40. The van der Waals surface area contributed by atoms with Crippen molar-refractivity contribution in [1.82, 2.24) is 5.32 Å². The molecule has 0 radical (unpaired) electrons. The van der Waals surface area contributed by atoms with E-state index in [-0.39, 0.29) is 16.8 Å². The molecule has 3 rings (SSSR count). The number of ether oxygens (including phenoxy) is 1. The molecule has 150 valence electrons. The number of alkyl halides is 3. The number of amides is 2. The Hall–Kier alpha value is -3.62. The molecule has 3 aromatic rings. The van der Waals surface area contributed by atoms with Gasteiger partial charge in [-0.2, -0.15) is 13.2 Å². The van der Waals surface area contributed by atoms with E-state index in [0.29, 0.717) is 16.7 Å². The van der Waals surface area contributed by atoms with Gasteiger partial charge < -0.3 is 9.15 Å². The zero-order valence-electron chi connectivity index (χ0n) is 15.3. The Labute approximate surface area is 162 Å². The second-order valence-electron chi connectivity index (χ2n) is 6.04. The maximum absolute atomic E-state index is 12.7. The van der Waals surface area contributed by atoms with Crippen LogP contribution in [-0.4, -0.2) is 18.9 Å². The molecule has 0 fully saturated rings. The summed E-state index contributed by atoms with van der Waals surface area (Å²) >= 11 is 0. The zero-order valence-corrected chi connectivity index (χ0v) is 15.3. The number of benzene rings is 2. The lowest BCUT2D eigenvalue weighted by Gasteiger charge is -2.07. The summed E-state index contributed by atoms with van der Waals surface area (Å²) in [7, 11) is 1.48. The van der Waals surface area contributed by atoms with E-state index in [2.05, 4.69) is 10.3 Å². The molecule has 0 unspecified atom stereocenters. The predicted molar refractivity (Wildman–Crippen MR) is 97.6 cm³/mol. The molecule has 6 nitrogen and oxygen atoms in total. The maximum atomic E-state index is 12.7. The summed E-state index contributed by atoms with van der Waals surface area (Å²) in [5.41, 5.74) is -0.516. The maximum Gasteiger partial charge on any atom is 0.416 e. The molecule has 9 heteroatoms. The van der Waals surface area contributed by atoms with Gasteiger partial charge in [-0.1, -0.05) is 0 Å². The first-order chi connectivity index (χ1) is 13.7. The number of rotatable bonds is 3. The van der Waals surface area contributed by atoms with Gasteiger partial charge in [-0.3, -0.25) is 14.9 Å². The minimum Gasteiger partial charge on any atom is -0.497 e. The van der Waals surface area contributed by atoms with Crippen molar-refractivity contribution in [1.29, 1.82) is 0 Å². The van der Waals surface area contributed by atoms with Crippen molar-refractivity contribution < 1.29 is 31.9 Å². The summed E-state index contributed by atoms with van der Waals surface area (Å²) in [6.07, 6.45) is -4.47. The molecule has 2 amide bonds. The van der Waals surface area contributed by atoms with Crippen molar-refractivity contribution >= 4 is 28.5 Å². The Morgan fingerprint density at radius 3 is 2.34 bits per heavy atom.